The smallest absolute Gasteiger partial charge is 0.412 e. The van der Waals surface area contributed by atoms with Gasteiger partial charge in [0.05, 0.1) is 36.6 Å². The van der Waals surface area contributed by atoms with Gasteiger partial charge >= 0.3 is 50.3 Å². The number of hydrogen-bond donors (Lipinski definition) is 0. The summed E-state index contributed by atoms with van der Waals surface area (Å²) >= 11 is 0. The van der Waals surface area contributed by atoms with Crippen molar-refractivity contribution in [2.24, 2.45) is 11.8 Å². The van der Waals surface area contributed by atoms with Gasteiger partial charge in [0.1, 0.15) is 0 Å². The van der Waals surface area contributed by atoms with Crippen molar-refractivity contribution >= 4 is 49.9 Å². The van der Waals surface area contributed by atoms with Crippen LogP contribution in [0.2, 0.25) is 118 Å². The first-order valence-electron chi connectivity index (χ1n) is 23.5. The first-order chi connectivity index (χ1) is 27.6. The maximum Gasteiger partial charge on any atom is 2.00 e. The van der Waals surface area contributed by atoms with E-state index in [1.165, 1.54) is 44.9 Å². The van der Waals surface area contributed by atoms with Gasteiger partial charge in [-0.05, 0) is 195 Å². The largest absolute Gasteiger partial charge is 2.00 e. The van der Waals surface area contributed by atoms with Crippen LogP contribution in [0.5, 0.6) is 0 Å². The molecule has 0 saturated heterocycles. The van der Waals surface area contributed by atoms with Gasteiger partial charge in [-0.15, -0.1) is 0 Å². The molecule has 0 heterocycles. The second kappa shape index (κ2) is 47.1. The fraction of sp³-hybridized carbons (Fsp3) is 0.679. The van der Waals surface area contributed by atoms with E-state index in [2.05, 4.69) is 171 Å². The van der Waals surface area contributed by atoms with Crippen LogP contribution in [0.1, 0.15) is 79.6 Å². The molecule has 7 atom stereocenters. The van der Waals surface area contributed by atoms with Crippen molar-refractivity contribution in [2.75, 3.05) is 0 Å². The molecule has 3 saturated carbocycles. The van der Waals surface area contributed by atoms with Crippen molar-refractivity contribution in [3.8, 4) is 0 Å². The molecule has 15 heteroatoms. The summed E-state index contributed by atoms with van der Waals surface area (Å²) in [5.74, 6) is 1.41. The van der Waals surface area contributed by atoms with Gasteiger partial charge in [0, 0.05) is 0 Å². The van der Waals surface area contributed by atoms with Gasteiger partial charge < -0.3 is 71.1 Å². The van der Waals surface area contributed by atoms with Gasteiger partial charge in [-0.3, -0.25) is 0 Å². The number of allylic oxidation sites excluding steroid dienone is 6. The zero-order valence-corrected chi connectivity index (χ0v) is 61.6. The van der Waals surface area contributed by atoms with Crippen molar-refractivity contribution < 1.29 is 76.9 Å². The van der Waals surface area contributed by atoms with E-state index in [0.717, 1.165) is 22.6 Å². The van der Waals surface area contributed by atoms with Gasteiger partial charge in [0.25, 0.3) is 0 Å². The minimum atomic E-state index is -1.45. The van der Waals surface area contributed by atoms with E-state index in [9.17, 15) is 0 Å². The summed E-state index contributed by atoms with van der Waals surface area (Å²) in [6.07, 6.45) is 15.8. The van der Waals surface area contributed by atoms with E-state index in [0.29, 0.717) is 42.5 Å². The Bertz CT molecular complexity index is 1220. The first-order valence-corrected chi connectivity index (χ1v) is 44.0. The zero-order valence-electron chi connectivity index (χ0n) is 52.5. The Kier molecular flexibility index (Phi) is 66.8. The Labute approximate surface area is 487 Å². The molecule has 0 aromatic carbocycles. The second-order valence-electron chi connectivity index (χ2n) is 23.8. The van der Waals surface area contributed by atoms with E-state index in [-0.39, 0.29) is 94.9 Å². The molecule has 71 heavy (non-hydrogen) atoms. The summed E-state index contributed by atoms with van der Waals surface area (Å²) in [5.41, 5.74) is 3.06. The third-order valence-corrected chi connectivity index (χ3v) is 15.0. The summed E-state index contributed by atoms with van der Waals surface area (Å²) in [6.45, 7) is 72.2. The van der Waals surface area contributed by atoms with Gasteiger partial charge in [0.2, 0.25) is 0 Å². The molecule has 6 nitrogen and oxygen atoms in total. The maximum atomic E-state index is 6.31. The predicted octanol–water partition coefficient (Wildman–Crippen LogP) is 19.3. The van der Waals surface area contributed by atoms with Crippen molar-refractivity contribution in [1.82, 2.24) is 0 Å². The quantitative estimate of drug-likeness (QED) is 0.0925. The molecule has 435 valence electrons. The Morgan fingerprint density at radius 2 is 0.577 bits per heavy atom. The molecular weight excluding hydrogens is 1110 g/mol. The Morgan fingerprint density at radius 1 is 0.366 bits per heavy atom. The predicted molar refractivity (Wildman–Crippen MR) is 333 cm³/mol. The molecule has 0 aromatic rings. The summed E-state index contributed by atoms with van der Waals surface area (Å²) in [7, 11) is -8.55. The molecule has 3 aliphatic carbocycles. The van der Waals surface area contributed by atoms with Gasteiger partial charge in [0.15, 0.2) is 49.9 Å². The third-order valence-electron chi connectivity index (χ3n) is 8.97. The molecule has 3 radical (unpaired) electrons. The van der Waals surface area contributed by atoms with Crippen LogP contribution < -0.4 is 0 Å². The van der Waals surface area contributed by atoms with E-state index >= 15 is 0 Å². The van der Waals surface area contributed by atoms with Crippen molar-refractivity contribution in [3.05, 3.63) is 119 Å². The minimum Gasteiger partial charge on any atom is -0.412 e. The second-order valence-corrected chi connectivity index (χ2v) is 50.5. The minimum absolute atomic E-state index is 0. The molecule has 3 fully saturated rings. The molecule has 7 unspecified atom stereocenters. The van der Waals surface area contributed by atoms with Crippen molar-refractivity contribution in [2.45, 2.75) is 234 Å². The molecular formula is C56H124Co3O6Si6. The van der Waals surface area contributed by atoms with Crippen LogP contribution in [0.15, 0.2) is 74.4 Å². The maximum absolute atomic E-state index is 6.31. The first kappa shape index (κ1) is 101. The standard InChI is InChI=1S/2C12H28O2Si2.C11H26O2Si2.3C5H8.6CH3.3Co/c1-10-8-11(13-15(2,3)4)12(9-10)14-16(5,6)7;1-10-8-9-11(13-15(2,3)4)12(10)14-16(5,6)7;1-14(2,3)12-10-8-7-9-11(10)13-15(4,5)6;3*1-4-5(2)3;;;;;;;;;/h2*10-12H,8-9H2,1-7H3;10-11H,7-9H2,1-6H3;3*4H,1-2H2,3H3;6*1H3;;;/q;;;;;;6*-1;3*+2. The summed E-state index contributed by atoms with van der Waals surface area (Å²) in [4.78, 5) is 0. The average molecular weight is 1240 g/mol. The van der Waals surface area contributed by atoms with E-state index in [4.69, 9.17) is 26.6 Å². The van der Waals surface area contributed by atoms with Crippen molar-refractivity contribution in [3.63, 3.8) is 0 Å². The Balaban J connectivity index is -0.0000000609. The van der Waals surface area contributed by atoms with Crippen LogP contribution in [0.4, 0.5) is 0 Å². The van der Waals surface area contributed by atoms with Crippen LogP contribution in [0, 0.1) is 56.4 Å². The van der Waals surface area contributed by atoms with Crippen LogP contribution in [0.3, 0.4) is 0 Å². The topological polar surface area (TPSA) is 55.4 Å². The van der Waals surface area contributed by atoms with Gasteiger partial charge in [-0.25, -0.2) is 0 Å². The monoisotopic (exact) mass is 1240 g/mol. The molecule has 0 N–H and O–H groups in total. The van der Waals surface area contributed by atoms with E-state index < -0.39 is 49.9 Å². The fourth-order valence-electron chi connectivity index (χ4n) is 6.72. The van der Waals surface area contributed by atoms with Crippen molar-refractivity contribution in [1.29, 1.82) is 0 Å². The van der Waals surface area contributed by atoms with Crippen LogP contribution >= 0.6 is 0 Å². The van der Waals surface area contributed by atoms with Gasteiger partial charge in [-0.1, -0.05) is 88.3 Å². The Hall–Kier alpha value is 1.02. The third kappa shape index (κ3) is 65.2. The molecule has 0 aliphatic heterocycles. The SMILES string of the molecule is C=CC(=C)C.C=CC(=C)C.C=CC(=C)C.CC1CC(O[Si](C)(C)C)C(O[Si](C)(C)C)C1.CC1CCC(O[Si](C)(C)C)C1O[Si](C)(C)C.C[Si](C)(C)OC1CCCC1O[Si](C)(C)C.[CH3-].[CH3-].[CH3-].[CH3-].[CH3-].[CH3-].[Co+2].[Co+2].[Co+2]. The number of hydrogen-bond acceptors (Lipinski definition) is 6. The molecule has 3 aliphatic rings. The van der Waals surface area contributed by atoms with Crippen LogP contribution in [-0.4, -0.2) is 86.5 Å². The fourth-order valence-corrected chi connectivity index (χ4v) is 13.8. The molecule has 0 spiro atoms. The summed E-state index contributed by atoms with van der Waals surface area (Å²) in [6, 6.07) is 0. The number of rotatable bonds is 15. The Morgan fingerprint density at radius 3 is 0.789 bits per heavy atom. The van der Waals surface area contributed by atoms with E-state index in [1.54, 1.807) is 18.2 Å². The van der Waals surface area contributed by atoms with Gasteiger partial charge in [-0.2, -0.15) is 0 Å². The summed E-state index contributed by atoms with van der Waals surface area (Å²) < 4.78 is 37.5. The molecule has 3 rings (SSSR count). The molecule has 0 amide bonds. The normalized spacial score (nSPS) is 21.8. The van der Waals surface area contributed by atoms with Crippen LogP contribution in [-0.2, 0) is 76.9 Å². The summed E-state index contributed by atoms with van der Waals surface area (Å²) in [5, 5.41) is 0. The molecule has 0 aromatic heterocycles. The van der Waals surface area contributed by atoms with E-state index in [1.807, 2.05) is 20.8 Å². The zero-order chi connectivity index (χ0) is 49.7. The average Bonchev–Trinajstić information content (AvgIpc) is 3.71. The van der Waals surface area contributed by atoms with Crippen LogP contribution in [0.25, 0.3) is 0 Å². The molecule has 0 bridgehead atoms.